The largest absolute Gasteiger partial charge is 0.374 e. The number of hydrogen-bond donors (Lipinski definition) is 1. The maximum absolute atomic E-state index is 12.2. The smallest absolute Gasteiger partial charge is 0.227 e. The third-order valence-electron chi connectivity index (χ3n) is 4.49. The third-order valence-corrected chi connectivity index (χ3v) is 5.36. The summed E-state index contributed by atoms with van der Waals surface area (Å²) < 4.78 is 5.24. The summed E-state index contributed by atoms with van der Waals surface area (Å²) in [7, 11) is 2.10. The van der Waals surface area contributed by atoms with Crippen molar-refractivity contribution in [3.63, 3.8) is 0 Å². The first-order valence-electron chi connectivity index (χ1n) is 8.69. The molecular formula is C19H20N4O2S. The van der Waals surface area contributed by atoms with Gasteiger partial charge < -0.3 is 14.7 Å². The summed E-state index contributed by atoms with van der Waals surface area (Å²) in [6, 6.07) is 10.00. The van der Waals surface area contributed by atoms with Crippen molar-refractivity contribution in [3.8, 4) is 10.7 Å². The number of carbonyl (C=O) groups is 1. The highest BCUT2D eigenvalue weighted by molar-refractivity contribution is 7.13. The van der Waals surface area contributed by atoms with E-state index in [1.807, 2.05) is 23.6 Å². The van der Waals surface area contributed by atoms with Crippen molar-refractivity contribution >= 4 is 28.6 Å². The van der Waals surface area contributed by atoms with Crippen molar-refractivity contribution in [2.24, 2.45) is 0 Å². The van der Waals surface area contributed by atoms with Gasteiger partial charge in [0.1, 0.15) is 0 Å². The van der Waals surface area contributed by atoms with Gasteiger partial charge in [0.15, 0.2) is 0 Å². The molecule has 3 heterocycles. The molecule has 0 aliphatic carbocycles. The van der Waals surface area contributed by atoms with E-state index in [1.54, 1.807) is 11.3 Å². The Morgan fingerprint density at radius 3 is 3.15 bits per heavy atom. The van der Waals surface area contributed by atoms with Crippen LogP contribution in [-0.2, 0) is 17.6 Å². The highest BCUT2D eigenvalue weighted by Crippen LogP contribution is 2.28. The van der Waals surface area contributed by atoms with E-state index in [4.69, 9.17) is 4.52 Å². The van der Waals surface area contributed by atoms with E-state index in [2.05, 4.69) is 39.5 Å². The molecule has 0 radical (unpaired) electrons. The number of fused-ring (bicyclic) bond motifs is 1. The van der Waals surface area contributed by atoms with E-state index in [9.17, 15) is 4.79 Å². The minimum atomic E-state index is -0.0509. The van der Waals surface area contributed by atoms with Gasteiger partial charge in [0.2, 0.25) is 17.6 Å². The van der Waals surface area contributed by atoms with Gasteiger partial charge in [-0.3, -0.25) is 4.79 Å². The lowest BCUT2D eigenvalue weighted by atomic mass is 10.0. The second-order valence-electron chi connectivity index (χ2n) is 6.41. The summed E-state index contributed by atoms with van der Waals surface area (Å²) in [6.45, 7) is 1.08. The zero-order chi connectivity index (χ0) is 17.9. The first-order valence-corrected chi connectivity index (χ1v) is 9.57. The summed E-state index contributed by atoms with van der Waals surface area (Å²) in [5.74, 6) is 1.01. The lowest BCUT2D eigenvalue weighted by Gasteiger charge is -2.27. The van der Waals surface area contributed by atoms with Crippen LogP contribution in [0.15, 0.2) is 40.2 Å². The number of nitrogens with one attached hydrogen (secondary N) is 1. The number of aryl methyl sites for hydroxylation is 2. The number of aromatic nitrogens is 2. The predicted molar refractivity (Wildman–Crippen MR) is 103 cm³/mol. The number of anilines is 2. The SMILES string of the molecule is CN1CCCc2cc(NC(=O)CCc3nc(-c4cccs4)no3)ccc21. The van der Waals surface area contributed by atoms with E-state index in [0.29, 0.717) is 24.6 Å². The molecule has 0 atom stereocenters. The second-order valence-corrected chi connectivity index (χ2v) is 7.35. The van der Waals surface area contributed by atoms with Crippen molar-refractivity contribution in [2.75, 3.05) is 23.8 Å². The van der Waals surface area contributed by atoms with Crippen molar-refractivity contribution in [1.82, 2.24) is 10.1 Å². The van der Waals surface area contributed by atoms with Crippen molar-refractivity contribution in [3.05, 3.63) is 47.2 Å². The Labute approximate surface area is 155 Å². The predicted octanol–water partition coefficient (Wildman–Crippen LogP) is 3.75. The number of carbonyl (C=O) groups excluding carboxylic acids is 1. The minimum Gasteiger partial charge on any atom is -0.374 e. The molecule has 1 aromatic carbocycles. The molecule has 0 fully saturated rings. The first-order chi connectivity index (χ1) is 12.7. The van der Waals surface area contributed by atoms with E-state index < -0.39 is 0 Å². The van der Waals surface area contributed by atoms with Gasteiger partial charge in [0, 0.05) is 37.8 Å². The van der Waals surface area contributed by atoms with Gasteiger partial charge >= 0.3 is 0 Å². The maximum Gasteiger partial charge on any atom is 0.227 e. The number of amides is 1. The molecule has 0 saturated heterocycles. The molecule has 6 nitrogen and oxygen atoms in total. The quantitative estimate of drug-likeness (QED) is 0.743. The average Bonchev–Trinajstić information content (AvgIpc) is 3.32. The summed E-state index contributed by atoms with van der Waals surface area (Å²) in [5.41, 5.74) is 3.38. The highest BCUT2D eigenvalue weighted by Gasteiger charge is 2.15. The fourth-order valence-electron chi connectivity index (χ4n) is 3.17. The number of hydrogen-bond acceptors (Lipinski definition) is 6. The standard InChI is InChI=1S/C19H20N4O2S/c1-23-10-2-4-13-12-14(6-7-15(13)23)20-17(24)8-9-18-21-19(22-25-18)16-5-3-11-26-16/h3,5-7,11-12H,2,4,8-10H2,1H3,(H,20,24). The molecule has 7 heteroatoms. The molecule has 1 aliphatic heterocycles. The Hall–Kier alpha value is -2.67. The lowest BCUT2D eigenvalue weighted by molar-refractivity contribution is -0.116. The fraction of sp³-hybridized carbons (Fsp3) is 0.316. The third kappa shape index (κ3) is 3.62. The Morgan fingerprint density at radius 2 is 2.31 bits per heavy atom. The van der Waals surface area contributed by atoms with Crippen LogP contribution in [-0.4, -0.2) is 29.6 Å². The average molecular weight is 368 g/mol. The van der Waals surface area contributed by atoms with Crippen LogP contribution in [0.4, 0.5) is 11.4 Å². The molecule has 1 amide bonds. The van der Waals surface area contributed by atoms with E-state index >= 15 is 0 Å². The van der Waals surface area contributed by atoms with Gasteiger partial charge in [0.25, 0.3) is 0 Å². The fourth-order valence-corrected chi connectivity index (χ4v) is 3.82. The van der Waals surface area contributed by atoms with Crippen molar-refractivity contribution in [1.29, 1.82) is 0 Å². The number of rotatable bonds is 5. The summed E-state index contributed by atoms with van der Waals surface area (Å²) in [4.78, 5) is 19.8. The Kier molecular flexibility index (Phi) is 4.71. The number of nitrogens with zero attached hydrogens (tertiary/aromatic N) is 3. The molecule has 0 unspecified atom stereocenters. The molecule has 3 aromatic rings. The summed E-state index contributed by atoms with van der Waals surface area (Å²) in [5, 5.41) is 8.90. The van der Waals surface area contributed by atoms with Gasteiger partial charge in [-0.25, -0.2) is 0 Å². The Bertz CT molecular complexity index is 904. The molecule has 134 valence electrons. The molecule has 4 rings (SSSR count). The molecule has 1 N–H and O–H groups in total. The summed E-state index contributed by atoms with van der Waals surface area (Å²) >= 11 is 1.56. The van der Waals surface area contributed by atoms with Crippen LogP contribution in [0, 0.1) is 0 Å². The molecule has 26 heavy (non-hydrogen) atoms. The van der Waals surface area contributed by atoms with E-state index in [0.717, 1.165) is 30.0 Å². The van der Waals surface area contributed by atoms with Crippen LogP contribution in [0.5, 0.6) is 0 Å². The minimum absolute atomic E-state index is 0.0509. The van der Waals surface area contributed by atoms with Gasteiger partial charge in [-0.15, -0.1) is 11.3 Å². The monoisotopic (exact) mass is 368 g/mol. The second kappa shape index (κ2) is 7.29. The molecule has 0 bridgehead atoms. The highest BCUT2D eigenvalue weighted by atomic mass is 32.1. The molecule has 2 aromatic heterocycles. The van der Waals surface area contributed by atoms with Crippen LogP contribution in [0.1, 0.15) is 24.3 Å². The van der Waals surface area contributed by atoms with Crippen molar-refractivity contribution < 1.29 is 9.32 Å². The Balaban J connectivity index is 1.34. The van der Waals surface area contributed by atoms with Crippen molar-refractivity contribution in [2.45, 2.75) is 25.7 Å². The number of thiophene rings is 1. The van der Waals surface area contributed by atoms with Crippen LogP contribution >= 0.6 is 11.3 Å². The van der Waals surface area contributed by atoms with Gasteiger partial charge in [-0.2, -0.15) is 4.98 Å². The normalized spacial score (nSPS) is 13.5. The number of benzene rings is 1. The van der Waals surface area contributed by atoms with Crippen LogP contribution in [0.3, 0.4) is 0 Å². The first kappa shape index (κ1) is 16.8. The van der Waals surface area contributed by atoms with Gasteiger partial charge in [0.05, 0.1) is 4.88 Å². The molecule has 1 aliphatic rings. The maximum atomic E-state index is 12.2. The topological polar surface area (TPSA) is 71.3 Å². The van der Waals surface area contributed by atoms with Gasteiger partial charge in [-0.1, -0.05) is 11.2 Å². The van der Waals surface area contributed by atoms with Gasteiger partial charge in [-0.05, 0) is 48.1 Å². The lowest BCUT2D eigenvalue weighted by Crippen LogP contribution is -2.24. The zero-order valence-electron chi connectivity index (χ0n) is 14.6. The van der Waals surface area contributed by atoms with E-state index in [1.165, 1.54) is 11.3 Å². The zero-order valence-corrected chi connectivity index (χ0v) is 15.4. The van der Waals surface area contributed by atoms with Crippen LogP contribution in [0.25, 0.3) is 10.7 Å². The van der Waals surface area contributed by atoms with Crippen LogP contribution < -0.4 is 10.2 Å². The molecule has 0 spiro atoms. The Morgan fingerprint density at radius 1 is 1.38 bits per heavy atom. The molecule has 0 saturated carbocycles. The summed E-state index contributed by atoms with van der Waals surface area (Å²) in [6.07, 6.45) is 2.93. The molecular weight excluding hydrogens is 348 g/mol. The van der Waals surface area contributed by atoms with Crippen LogP contribution in [0.2, 0.25) is 0 Å². The van der Waals surface area contributed by atoms with E-state index in [-0.39, 0.29) is 5.91 Å².